The van der Waals surface area contributed by atoms with Gasteiger partial charge in [-0.25, -0.2) is 0 Å². The molecule has 11 heteroatoms. The molecule has 0 saturated carbocycles. The van der Waals surface area contributed by atoms with Crippen molar-refractivity contribution in [2.24, 2.45) is 10.2 Å². The summed E-state index contributed by atoms with van der Waals surface area (Å²) in [5.41, 5.74) is 0.973. The van der Waals surface area contributed by atoms with Gasteiger partial charge in [-0.3, -0.25) is 9.35 Å². The Bertz CT molecular complexity index is 1670. The Hall–Kier alpha value is -3.99. The Morgan fingerprint density at radius 3 is 2.50 bits per heavy atom. The fraction of sp³-hybridized carbons (Fsp3) is 0.148. The molecule has 0 aromatic heterocycles. The molecule has 0 heterocycles. The van der Waals surface area contributed by atoms with E-state index >= 15 is 0 Å². The lowest BCUT2D eigenvalue weighted by Crippen LogP contribution is -2.12. The van der Waals surface area contributed by atoms with Crippen LogP contribution >= 0.6 is 11.6 Å². The zero-order valence-electron chi connectivity index (χ0n) is 20.5. The number of benzene rings is 4. The molecule has 0 radical (unpaired) electrons. The van der Waals surface area contributed by atoms with E-state index in [1.54, 1.807) is 61.5 Å². The first-order valence-corrected chi connectivity index (χ1v) is 13.4. The molecule has 0 aliphatic carbocycles. The van der Waals surface area contributed by atoms with E-state index in [0.717, 1.165) is 6.07 Å². The van der Waals surface area contributed by atoms with E-state index in [4.69, 9.17) is 16.3 Å². The third kappa shape index (κ3) is 5.77. The van der Waals surface area contributed by atoms with Crippen molar-refractivity contribution in [2.75, 3.05) is 11.9 Å². The van der Waals surface area contributed by atoms with Gasteiger partial charge in [-0.15, -0.1) is 5.11 Å². The topological polar surface area (TPSA) is 138 Å². The Morgan fingerprint density at radius 1 is 1.03 bits per heavy atom. The monoisotopic (exact) mass is 553 g/mol. The molecule has 4 rings (SSSR count). The lowest BCUT2D eigenvalue weighted by molar-refractivity contribution is 0.102. The van der Waals surface area contributed by atoms with Gasteiger partial charge in [0.05, 0.1) is 22.9 Å². The predicted octanol–water partition coefficient (Wildman–Crippen LogP) is 7.07. The Balaban J connectivity index is 1.78. The highest BCUT2D eigenvalue weighted by atomic mass is 35.5. The minimum Gasteiger partial charge on any atom is -0.505 e. The highest BCUT2D eigenvalue weighted by molar-refractivity contribution is 7.86. The number of phenolic OH excluding ortho intramolecular Hbond substituents is 1. The first kappa shape index (κ1) is 27.1. The number of azo groups is 1. The lowest BCUT2D eigenvalue weighted by atomic mass is 10.0. The number of aromatic hydroxyl groups is 1. The molecule has 0 aliphatic rings. The van der Waals surface area contributed by atoms with E-state index in [-0.39, 0.29) is 22.0 Å². The predicted molar refractivity (Wildman–Crippen MR) is 146 cm³/mol. The number of nitrogens with one attached hydrogen (secondary N) is 1. The van der Waals surface area contributed by atoms with Crippen molar-refractivity contribution < 1.29 is 27.6 Å². The Kier molecular flexibility index (Phi) is 7.96. The van der Waals surface area contributed by atoms with Crippen molar-refractivity contribution >= 4 is 55.5 Å². The van der Waals surface area contributed by atoms with Gasteiger partial charge in [0.2, 0.25) is 0 Å². The van der Waals surface area contributed by atoms with E-state index in [1.807, 2.05) is 6.92 Å². The van der Waals surface area contributed by atoms with E-state index in [9.17, 15) is 22.9 Å². The summed E-state index contributed by atoms with van der Waals surface area (Å²) in [6.07, 6.45) is 0.374. The first-order valence-electron chi connectivity index (χ1n) is 11.6. The number of nitrogens with zero attached hydrogens (tertiary/aromatic N) is 2. The van der Waals surface area contributed by atoms with Crippen molar-refractivity contribution in [1.29, 1.82) is 0 Å². The quantitative estimate of drug-likeness (QED) is 0.157. The zero-order valence-corrected chi connectivity index (χ0v) is 22.0. The molecular formula is C27H24ClN3O6S. The van der Waals surface area contributed by atoms with Crippen molar-refractivity contribution in [2.45, 2.75) is 25.2 Å². The van der Waals surface area contributed by atoms with Crippen LogP contribution in [0.1, 0.15) is 29.8 Å². The number of anilines is 1. The number of hydrogen-bond acceptors (Lipinski definition) is 7. The fourth-order valence-corrected chi connectivity index (χ4v) is 5.03. The summed E-state index contributed by atoms with van der Waals surface area (Å²) in [4.78, 5) is 12.7. The molecule has 196 valence electrons. The number of halogens is 1. The zero-order chi connectivity index (χ0) is 27.4. The molecule has 0 saturated heterocycles. The van der Waals surface area contributed by atoms with Crippen LogP contribution in [0, 0.1) is 0 Å². The van der Waals surface area contributed by atoms with Gasteiger partial charge in [-0.1, -0.05) is 48.9 Å². The number of carbonyl (C=O) groups excluding carboxylic acids is 1. The van der Waals surface area contributed by atoms with Crippen LogP contribution in [0.4, 0.5) is 17.1 Å². The minimum absolute atomic E-state index is 0.0118. The van der Waals surface area contributed by atoms with E-state index in [1.165, 1.54) is 6.07 Å². The fourth-order valence-electron chi connectivity index (χ4n) is 3.87. The molecule has 4 aromatic carbocycles. The van der Waals surface area contributed by atoms with Gasteiger partial charge < -0.3 is 15.2 Å². The van der Waals surface area contributed by atoms with Crippen molar-refractivity contribution in [1.82, 2.24) is 0 Å². The summed E-state index contributed by atoms with van der Waals surface area (Å²) in [5.74, 6) is -0.404. The summed E-state index contributed by atoms with van der Waals surface area (Å²) < 4.78 is 38.7. The molecule has 9 nitrogen and oxygen atoms in total. The lowest BCUT2D eigenvalue weighted by Gasteiger charge is -2.12. The molecule has 4 aromatic rings. The highest BCUT2D eigenvalue weighted by Crippen LogP contribution is 2.40. The number of hydrogen-bond donors (Lipinski definition) is 3. The second kappa shape index (κ2) is 11.2. The summed E-state index contributed by atoms with van der Waals surface area (Å²) >= 11 is 6.13. The van der Waals surface area contributed by atoms with Crippen LogP contribution in [0.3, 0.4) is 0 Å². The van der Waals surface area contributed by atoms with Crippen LogP contribution in [-0.2, 0) is 16.5 Å². The van der Waals surface area contributed by atoms with Crippen molar-refractivity contribution in [3.63, 3.8) is 0 Å². The standard InChI is InChI=1S/C27H24ClN3O6S/c1-3-16-12-19(15-23(24(16)28)38(34,35)36)30-31-25-21-11-6-5-8-17(21)13-22(26(25)32)27(33)29-18-9-7-10-20(14-18)37-4-2/h5-15,32H,3-4H2,1-2H3,(H,29,33)(H,34,35,36). The number of phenols is 1. The minimum atomic E-state index is -4.61. The second-order valence-corrected chi connectivity index (χ2v) is 9.97. The summed E-state index contributed by atoms with van der Waals surface area (Å²) in [7, 11) is -4.61. The maximum atomic E-state index is 13.2. The van der Waals surface area contributed by atoms with Gasteiger partial charge in [-0.2, -0.15) is 13.5 Å². The molecule has 0 atom stereocenters. The van der Waals surface area contributed by atoms with Crippen LogP contribution in [-0.4, -0.2) is 30.6 Å². The molecular weight excluding hydrogens is 530 g/mol. The largest absolute Gasteiger partial charge is 0.505 e. The van der Waals surface area contributed by atoms with Gasteiger partial charge in [0.1, 0.15) is 16.3 Å². The summed E-state index contributed by atoms with van der Waals surface area (Å²) in [5, 5.41) is 23.2. The van der Waals surface area contributed by atoms with Gasteiger partial charge in [0, 0.05) is 17.1 Å². The van der Waals surface area contributed by atoms with E-state index in [2.05, 4.69) is 15.5 Å². The number of rotatable bonds is 8. The molecule has 0 spiro atoms. The SMILES string of the molecule is CCOc1cccc(NC(=O)c2cc3ccccc3c(N=Nc3cc(CC)c(Cl)c(S(=O)(=O)O)c3)c2O)c1. The normalized spacial score (nSPS) is 11.7. The number of aryl methyl sites for hydroxylation is 1. The number of fused-ring (bicyclic) bond motifs is 1. The maximum absolute atomic E-state index is 13.2. The van der Waals surface area contributed by atoms with Crippen LogP contribution in [0.15, 0.2) is 81.9 Å². The molecule has 38 heavy (non-hydrogen) atoms. The highest BCUT2D eigenvalue weighted by Gasteiger charge is 2.21. The van der Waals surface area contributed by atoms with E-state index < -0.39 is 26.7 Å². The van der Waals surface area contributed by atoms with Gasteiger partial charge in [0.25, 0.3) is 16.0 Å². The van der Waals surface area contributed by atoms with Gasteiger partial charge in [0.15, 0.2) is 5.75 Å². The van der Waals surface area contributed by atoms with Gasteiger partial charge in [-0.05, 0) is 54.6 Å². The maximum Gasteiger partial charge on any atom is 0.296 e. The molecule has 0 aliphatic heterocycles. The summed E-state index contributed by atoms with van der Waals surface area (Å²) in [6.45, 7) is 4.09. The third-order valence-electron chi connectivity index (χ3n) is 5.67. The summed E-state index contributed by atoms with van der Waals surface area (Å²) in [6, 6.07) is 18.0. The van der Waals surface area contributed by atoms with Crippen LogP contribution in [0.2, 0.25) is 5.02 Å². The molecule has 0 fully saturated rings. The number of carbonyl (C=O) groups is 1. The van der Waals surface area contributed by atoms with Crippen LogP contribution in [0.25, 0.3) is 10.8 Å². The smallest absolute Gasteiger partial charge is 0.296 e. The van der Waals surface area contributed by atoms with Crippen LogP contribution < -0.4 is 10.1 Å². The van der Waals surface area contributed by atoms with Gasteiger partial charge >= 0.3 is 0 Å². The molecule has 0 bridgehead atoms. The number of amides is 1. The molecule has 1 amide bonds. The van der Waals surface area contributed by atoms with Crippen molar-refractivity contribution in [3.05, 3.63) is 82.9 Å². The Labute approximate surface area is 224 Å². The van der Waals surface area contributed by atoms with Crippen LogP contribution in [0.5, 0.6) is 11.5 Å². The van der Waals surface area contributed by atoms with Crippen molar-refractivity contribution in [3.8, 4) is 11.5 Å². The average Bonchev–Trinajstić information content (AvgIpc) is 2.88. The molecule has 3 N–H and O–H groups in total. The number of ether oxygens (including phenoxy) is 1. The second-order valence-electron chi connectivity index (χ2n) is 8.20. The Morgan fingerprint density at radius 2 is 1.79 bits per heavy atom. The molecule has 0 unspecified atom stereocenters. The first-order chi connectivity index (χ1) is 18.1. The average molecular weight is 554 g/mol. The third-order valence-corrected chi connectivity index (χ3v) is 7.10. The van der Waals surface area contributed by atoms with E-state index in [0.29, 0.717) is 40.8 Å².